The third-order valence-corrected chi connectivity index (χ3v) is 0.731. The number of carbonyl (C=O) groups is 1. The minimum absolute atomic E-state index is 0. The monoisotopic (exact) mass is 309 g/mol. The Labute approximate surface area is 66.8 Å². The van der Waals surface area contributed by atoms with Crippen molar-refractivity contribution in [1.82, 2.24) is 10.2 Å². The number of aromatic nitrogens is 2. The maximum atomic E-state index is 9.99. The zero-order valence-electron chi connectivity index (χ0n) is 4.26. The minimum Gasteiger partial charge on any atom is -0.477 e. The summed E-state index contributed by atoms with van der Waals surface area (Å²) in [5.74, 6) is -0.984. The van der Waals surface area contributed by atoms with Gasteiger partial charge >= 0.3 is 5.97 Å². The fraction of sp³-hybridized carbons (Fsp3) is 0. The molecule has 0 spiro atoms. The molecule has 0 unspecified atom stereocenters. The van der Waals surface area contributed by atoms with Gasteiger partial charge in [-0.3, -0.25) is 5.10 Å². The van der Waals surface area contributed by atoms with Gasteiger partial charge in [-0.2, -0.15) is 5.10 Å². The van der Waals surface area contributed by atoms with E-state index in [9.17, 15) is 4.79 Å². The normalized spacial score (nSPS) is 8.00. The Kier molecular flexibility index (Phi) is 3.22. The van der Waals surface area contributed by atoms with Crippen LogP contribution in [-0.2, 0) is 22.4 Å². The summed E-state index contributed by atoms with van der Waals surface area (Å²) in [4.78, 5) is 9.99. The van der Waals surface area contributed by atoms with E-state index in [0.717, 1.165) is 0 Å². The minimum atomic E-state index is -0.984. The molecule has 1 radical (unpaired) electrons. The van der Waals surface area contributed by atoms with Crippen molar-refractivity contribution >= 4 is 5.97 Å². The van der Waals surface area contributed by atoms with Crippen molar-refractivity contribution in [3.63, 3.8) is 0 Å². The third kappa shape index (κ3) is 2.01. The van der Waals surface area contributed by atoms with Crippen LogP contribution in [0.4, 0.5) is 0 Å². The molecule has 9 heavy (non-hydrogen) atoms. The second kappa shape index (κ2) is 3.45. The molecule has 0 aliphatic heterocycles. The number of H-pyrrole nitrogens is 1. The van der Waals surface area contributed by atoms with Gasteiger partial charge in [0.15, 0.2) is 0 Å². The van der Waals surface area contributed by atoms with Gasteiger partial charge in [-0.05, 0) is 6.07 Å². The van der Waals surface area contributed by atoms with Crippen molar-refractivity contribution < 1.29 is 32.3 Å². The fourth-order valence-corrected chi connectivity index (χ4v) is 0.375. The van der Waals surface area contributed by atoms with E-state index in [4.69, 9.17) is 5.11 Å². The zero-order chi connectivity index (χ0) is 5.98. The van der Waals surface area contributed by atoms with Crippen LogP contribution in [0.5, 0.6) is 0 Å². The first-order chi connectivity index (χ1) is 3.80. The van der Waals surface area contributed by atoms with Gasteiger partial charge in [0.1, 0.15) is 5.69 Å². The molecule has 4 nitrogen and oxygen atoms in total. The molecule has 1 aromatic rings. The number of hydrogen-bond donors (Lipinski definition) is 2. The topological polar surface area (TPSA) is 66.0 Å². The first-order valence-electron chi connectivity index (χ1n) is 2.03. The number of nitrogens with zero attached hydrogens (tertiary/aromatic N) is 1. The molecular weight excluding hydrogens is 305 g/mol. The van der Waals surface area contributed by atoms with E-state index in [1.54, 1.807) is 0 Å². The van der Waals surface area contributed by atoms with Gasteiger partial charge in [-0.25, -0.2) is 4.79 Å². The van der Waals surface area contributed by atoms with Crippen molar-refractivity contribution in [3.05, 3.63) is 18.0 Å². The van der Waals surface area contributed by atoms with Gasteiger partial charge in [0.2, 0.25) is 0 Å². The van der Waals surface area contributed by atoms with Gasteiger partial charge in [0.25, 0.3) is 0 Å². The van der Waals surface area contributed by atoms with Crippen LogP contribution in [-0.4, -0.2) is 21.3 Å². The zero-order valence-corrected chi connectivity index (χ0v) is 6.43. The number of carboxylic acids is 1. The van der Waals surface area contributed by atoms with Gasteiger partial charge < -0.3 is 5.11 Å². The van der Waals surface area contributed by atoms with Crippen molar-refractivity contribution in [3.8, 4) is 0 Å². The Balaban J connectivity index is 0.000000640. The van der Waals surface area contributed by atoms with E-state index in [1.165, 1.54) is 12.3 Å². The van der Waals surface area contributed by atoms with E-state index in [1.807, 2.05) is 0 Å². The molecule has 1 aromatic heterocycles. The molecule has 0 amide bonds. The predicted octanol–water partition coefficient (Wildman–Crippen LogP) is 0.105. The Morgan fingerprint density at radius 1 is 1.78 bits per heavy atom. The predicted molar refractivity (Wildman–Crippen MR) is 25.5 cm³/mol. The van der Waals surface area contributed by atoms with Crippen molar-refractivity contribution in [2.75, 3.05) is 0 Å². The largest absolute Gasteiger partial charge is 0.477 e. The summed E-state index contributed by atoms with van der Waals surface area (Å²) in [6.45, 7) is 0. The molecular formula is C4H4AuN2O2. The molecule has 0 aliphatic carbocycles. The molecule has 2 N–H and O–H groups in total. The molecule has 0 saturated heterocycles. The average Bonchev–Trinajstić information content (AvgIpc) is 2.12. The summed E-state index contributed by atoms with van der Waals surface area (Å²) in [6, 6.07) is 1.39. The van der Waals surface area contributed by atoms with Crippen molar-refractivity contribution in [2.45, 2.75) is 0 Å². The van der Waals surface area contributed by atoms with Crippen LogP contribution < -0.4 is 0 Å². The summed E-state index contributed by atoms with van der Waals surface area (Å²) in [6.07, 6.45) is 1.39. The number of nitrogens with one attached hydrogen (secondary N) is 1. The number of aromatic carboxylic acids is 1. The molecule has 5 heteroatoms. The summed E-state index contributed by atoms with van der Waals surface area (Å²) in [5.41, 5.74) is 0.116. The summed E-state index contributed by atoms with van der Waals surface area (Å²) in [7, 11) is 0. The van der Waals surface area contributed by atoms with Gasteiger partial charge in [-0.15, -0.1) is 0 Å². The molecule has 0 saturated carbocycles. The molecule has 1 rings (SSSR count). The standard InChI is InChI=1S/C4H4N2O2.Au/c7-4(8)3-1-2-5-6-3;/h1-2H,(H,5,6)(H,7,8);. The number of rotatable bonds is 1. The van der Waals surface area contributed by atoms with Crippen LogP contribution in [0.25, 0.3) is 0 Å². The molecule has 0 fully saturated rings. The summed E-state index contributed by atoms with van der Waals surface area (Å²) < 4.78 is 0. The number of carboxylic acid groups (broad SMARTS) is 1. The quantitative estimate of drug-likeness (QED) is 0.724. The van der Waals surface area contributed by atoms with Crippen LogP contribution in [0.2, 0.25) is 0 Å². The van der Waals surface area contributed by atoms with Gasteiger partial charge in [0.05, 0.1) is 0 Å². The van der Waals surface area contributed by atoms with Crippen LogP contribution in [0.3, 0.4) is 0 Å². The van der Waals surface area contributed by atoms with Crippen LogP contribution >= 0.6 is 0 Å². The molecule has 0 aliphatic rings. The number of hydrogen-bond acceptors (Lipinski definition) is 2. The second-order valence-electron chi connectivity index (χ2n) is 1.28. The van der Waals surface area contributed by atoms with E-state index < -0.39 is 5.97 Å². The van der Waals surface area contributed by atoms with Gasteiger partial charge in [0, 0.05) is 28.6 Å². The van der Waals surface area contributed by atoms with E-state index in [2.05, 4.69) is 10.2 Å². The molecule has 53 valence electrons. The fourth-order valence-electron chi connectivity index (χ4n) is 0.375. The SMILES string of the molecule is O=C(O)c1ccn[nH]1.[Au]. The van der Waals surface area contributed by atoms with Crippen LogP contribution in [0.15, 0.2) is 12.3 Å². The maximum absolute atomic E-state index is 9.99. The van der Waals surface area contributed by atoms with E-state index in [0.29, 0.717) is 0 Å². The Morgan fingerprint density at radius 3 is 2.67 bits per heavy atom. The Hall–Kier alpha value is -0.580. The smallest absolute Gasteiger partial charge is 0.353 e. The van der Waals surface area contributed by atoms with Crippen LogP contribution in [0.1, 0.15) is 10.5 Å². The van der Waals surface area contributed by atoms with E-state index in [-0.39, 0.29) is 28.1 Å². The molecule has 0 atom stereocenters. The third-order valence-electron chi connectivity index (χ3n) is 0.731. The summed E-state index contributed by atoms with van der Waals surface area (Å²) in [5, 5.41) is 13.9. The maximum Gasteiger partial charge on any atom is 0.353 e. The molecule has 0 aromatic carbocycles. The summed E-state index contributed by atoms with van der Waals surface area (Å²) >= 11 is 0. The molecule has 1 heterocycles. The number of aromatic amines is 1. The molecule has 0 bridgehead atoms. The average molecular weight is 309 g/mol. The van der Waals surface area contributed by atoms with Crippen molar-refractivity contribution in [1.29, 1.82) is 0 Å². The van der Waals surface area contributed by atoms with Crippen LogP contribution in [0, 0.1) is 0 Å². The first kappa shape index (κ1) is 8.42. The second-order valence-corrected chi connectivity index (χ2v) is 1.28. The first-order valence-corrected chi connectivity index (χ1v) is 2.03. The Morgan fingerprint density at radius 2 is 2.44 bits per heavy atom. The van der Waals surface area contributed by atoms with Gasteiger partial charge in [-0.1, -0.05) is 0 Å². The van der Waals surface area contributed by atoms with E-state index >= 15 is 0 Å². The van der Waals surface area contributed by atoms with Crippen molar-refractivity contribution in [2.24, 2.45) is 0 Å². The Bertz CT molecular complexity index is 184.